The van der Waals surface area contributed by atoms with E-state index in [4.69, 9.17) is 15.2 Å². The Hall–Kier alpha value is -1.55. The summed E-state index contributed by atoms with van der Waals surface area (Å²) in [6, 6.07) is 5.33. The molecule has 0 aromatic heterocycles. The molecule has 1 atom stereocenters. The molecule has 2 N–H and O–H groups in total. The molecule has 86 valence electrons. The lowest BCUT2D eigenvalue weighted by Crippen LogP contribution is -2.18. The highest BCUT2D eigenvalue weighted by atomic mass is 16.5. The van der Waals surface area contributed by atoms with Gasteiger partial charge in [0.15, 0.2) is 0 Å². The van der Waals surface area contributed by atoms with Crippen molar-refractivity contribution in [1.29, 1.82) is 0 Å². The number of hydrogen-bond donors (Lipinski definition) is 1. The van der Waals surface area contributed by atoms with Crippen LogP contribution in [0.25, 0.3) is 0 Å². The fourth-order valence-electron chi connectivity index (χ4n) is 1.79. The summed E-state index contributed by atoms with van der Waals surface area (Å²) in [6.45, 7) is 3.19. The van der Waals surface area contributed by atoms with Gasteiger partial charge in [0.25, 0.3) is 0 Å². The molecule has 0 radical (unpaired) electrons. The lowest BCUT2D eigenvalue weighted by atomic mass is 10.1. The highest BCUT2D eigenvalue weighted by Crippen LogP contribution is 2.24. The summed E-state index contributed by atoms with van der Waals surface area (Å²) in [7, 11) is 0. The highest BCUT2D eigenvalue weighted by molar-refractivity contribution is 5.94. The van der Waals surface area contributed by atoms with Gasteiger partial charge in [0.1, 0.15) is 11.9 Å². The monoisotopic (exact) mass is 221 g/mol. The Morgan fingerprint density at radius 1 is 1.56 bits per heavy atom. The van der Waals surface area contributed by atoms with Crippen LogP contribution in [0.4, 0.5) is 0 Å². The van der Waals surface area contributed by atoms with E-state index < -0.39 is 5.91 Å². The predicted octanol–water partition coefficient (Wildman–Crippen LogP) is 1.26. The number of rotatable bonds is 3. The smallest absolute Gasteiger partial charge is 0.249 e. The average molecular weight is 221 g/mol. The van der Waals surface area contributed by atoms with Crippen molar-refractivity contribution in [3.8, 4) is 5.75 Å². The fourth-order valence-corrected chi connectivity index (χ4v) is 1.79. The van der Waals surface area contributed by atoms with Gasteiger partial charge >= 0.3 is 0 Å². The third kappa shape index (κ3) is 2.17. The van der Waals surface area contributed by atoms with Crippen LogP contribution in [0, 0.1) is 6.92 Å². The van der Waals surface area contributed by atoms with Crippen LogP contribution in [0.1, 0.15) is 22.3 Å². The summed E-state index contributed by atoms with van der Waals surface area (Å²) in [5.41, 5.74) is 6.58. The van der Waals surface area contributed by atoms with Crippen LogP contribution in [0.15, 0.2) is 18.2 Å². The van der Waals surface area contributed by atoms with E-state index >= 15 is 0 Å². The van der Waals surface area contributed by atoms with Gasteiger partial charge in [-0.05, 0) is 19.1 Å². The zero-order valence-corrected chi connectivity index (χ0v) is 9.23. The van der Waals surface area contributed by atoms with Crippen molar-refractivity contribution < 1.29 is 14.3 Å². The number of carbonyl (C=O) groups excluding carboxylic acids is 1. The molecule has 0 bridgehead atoms. The maximum atomic E-state index is 11.2. The third-order valence-corrected chi connectivity index (χ3v) is 2.73. The van der Waals surface area contributed by atoms with Crippen molar-refractivity contribution in [2.75, 3.05) is 13.2 Å². The molecule has 4 nitrogen and oxygen atoms in total. The molecule has 1 aromatic carbocycles. The van der Waals surface area contributed by atoms with E-state index in [0.29, 0.717) is 17.9 Å². The molecule has 1 aliphatic heterocycles. The van der Waals surface area contributed by atoms with Gasteiger partial charge in [0.05, 0.1) is 13.2 Å². The van der Waals surface area contributed by atoms with Gasteiger partial charge < -0.3 is 15.2 Å². The summed E-state index contributed by atoms with van der Waals surface area (Å²) in [6.07, 6.45) is 0.974. The highest BCUT2D eigenvalue weighted by Gasteiger charge is 2.19. The lowest BCUT2D eigenvalue weighted by Gasteiger charge is -2.15. The van der Waals surface area contributed by atoms with Crippen molar-refractivity contribution in [2.24, 2.45) is 5.73 Å². The second-order valence-electron chi connectivity index (χ2n) is 3.90. The molecule has 1 aliphatic rings. The van der Waals surface area contributed by atoms with Crippen LogP contribution < -0.4 is 10.5 Å². The van der Waals surface area contributed by atoms with Crippen LogP contribution in [0.5, 0.6) is 5.75 Å². The van der Waals surface area contributed by atoms with E-state index in [1.165, 1.54) is 0 Å². The molecule has 1 heterocycles. The first-order valence-electron chi connectivity index (χ1n) is 5.32. The molecule has 0 aliphatic carbocycles. The molecule has 0 saturated carbocycles. The van der Waals surface area contributed by atoms with Gasteiger partial charge in [-0.15, -0.1) is 0 Å². The van der Waals surface area contributed by atoms with Gasteiger partial charge in [-0.25, -0.2) is 0 Å². The number of hydrogen-bond acceptors (Lipinski definition) is 3. The lowest BCUT2D eigenvalue weighted by molar-refractivity contribution is 0.0998. The maximum Gasteiger partial charge on any atom is 0.249 e. The van der Waals surface area contributed by atoms with E-state index in [1.54, 1.807) is 12.1 Å². The molecule has 16 heavy (non-hydrogen) atoms. The summed E-state index contributed by atoms with van der Waals surface area (Å²) >= 11 is 0. The first-order chi connectivity index (χ1) is 7.68. The van der Waals surface area contributed by atoms with Crippen LogP contribution in [-0.4, -0.2) is 25.2 Å². The minimum absolute atomic E-state index is 0.0850. The first kappa shape index (κ1) is 11.0. The van der Waals surface area contributed by atoms with E-state index in [9.17, 15) is 4.79 Å². The number of primary amides is 1. The second-order valence-corrected chi connectivity index (χ2v) is 3.90. The van der Waals surface area contributed by atoms with Crippen molar-refractivity contribution in [2.45, 2.75) is 19.4 Å². The predicted molar refractivity (Wildman–Crippen MR) is 59.5 cm³/mol. The molecule has 1 amide bonds. The van der Waals surface area contributed by atoms with Crippen LogP contribution in [0.2, 0.25) is 0 Å². The van der Waals surface area contributed by atoms with Crippen molar-refractivity contribution in [3.05, 3.63) is 29.3 Å². The van der Waals surface area contributed by atoms with Gasteiger partial charge in [-0.2, -0.15) is 0 Å². The Morgan fingerprint density at radius 3 is 3.00 bits per heavy atom. The van der Waals surface area contributed by atoms with Crippen LogP contribution in [0.3, 0.4) is 0 Å². The topological polar surface area (TPSA) is 61.6 Å². The van der Waals surface area contributed by atoms with E-state index in [0.717, 1.165) is 18.6 Å². The Morgan fingerprint density at radius 2 is 2.38 bits per heavy atom. The molecule has 4 heteroatoms. The molecule has 1 aromatic rings. The molecule has 1 fully saturated rings. The molecule has 1 unspecified atom stereocenters. The summed E-state index contributed by atoms with van der Waals surface area (Å²) in [5, 5.41) is 0. The normalized spacial score (nSPS) is 19.7. The summed E-state index contributed by atoms with van der Waals surface area (Å²) in [5.74, 6) is 0.289. The SMILES string of the molecule is Cc1c(OC2CCOC2)cccc1C(N)=O. The number of benzene rings is 1. The zero-order chi connectivity index (χ0) is 11.5. The molecular weight excluding hydrogens is 206 g/mol. The Balaban J connectivity index is 2.20. The Kier molecular flexibility index (Phi) is 3.10. The van der Waals surface area contributed by atoms with Crippen molar-refractivity contribution in [1.82, 2.24) is 0 Å². The standard InChI is InChI=1S/C12H15NO3/c1-8-10(12(13)14)3-2-4-11(8)16-9-5-6-15-7-9/h2-4,9H,5-7H2,1H3,(H2,13,14). The molecule has 1 saturated heterocycles. The number of nitrogens with two attached hydrogens (primary N) is 1. The average Bonchev–Trinajstić information content (AvgIpc) is 2.73. The largest absolute Gasteiger partial charge is 0.488 e. The van der Waals surface area contributed by atoms with Crippen LogP contribution in [-0.2, 0) is 4.74 Å². The molecule has 2 rings (SSSR count). The van der Waals surface area contributed by atoms with Gasteiger partial charge in [-0.1, -0.05) is 6.07 Å². The minimum atomic E-state index is -0.425. The number of amides is 1. The van der Waals surface area contributed by atoms with Crippen molar-refractivity contribution in [3.63, 3.8) is 0 Å². The second kappa shape index (κ2) is 4.53. The maximum absolute atomic E-state index is 11.2. The third-order valence-electron chi connectivity index (χ3n) is 2.73. The number of ether oxygens (including phenoxy) is 2. The molecule has 0 spiro atoms. The Labute approximate surface area is 94.3 Å². The Bertz CT molecular complexity index is 397. The summed E-state index contributed by atoms with van der Waals surface area (Å²) < 4.78 is 11.0. The van der Waals surface area contributed by atoms with E-state index in [1.807, 2.05) is 13.0 Å². The van der Waals surface area contributed by atoms with Gasteiger partial charge in [0.2, 0.25) is 5.91 Å². The zero-order valence-electron chi connectivity index (χ0n) is 9.23. The van der Waals surface area contributed by atoms with Gasteiger partial charge in [-0.3, -0.25) is 4.79 Å². The van der Waals surface area contributed by atoms with Crippen LogP contribution >= 0.6 is 0 Å². The summed E-state index contributed by atoms with van der Waals surface area (Å²) in [4.78, 5) is 11.2. The van der Waals surface area contributed by atoms with Gasteiger partial charge in [0, 0.05) is 17.5 Å². The number of carbonyl (C=O) groups is 1. The minimum Gasteiger partial charge on any atom is -0.488 e. The quantitative estimate of drug-likeness (QED) is 0.835. The fraction of sp³-hybridized carbons (Fsp3) is 0.417. The van der Waals surface area contributed by atoms with E-state index in [-0.39, 0.29) is 6.10 Å². The van der Waals surface area contributed by atoms with Crippen molar-refractivity contribution >= 4 is 5.91 Å². The first-order valence-corrected chi connectivity index (χ1v) is 5.32. The molecular formula is C12H15NO3. The van der Waals surface area contributed by atoms with E-state index in [2.05, 4.69) is 0 Å².